The third-order valence-electron chi connectivity index (χ3n) is 3.23. The van der Waals surface area contributed by atoms with Gasteiger partial charge in [0.25, 0.3) is 0 Å². The lowest BCUT2D eigenvalue weighted by molar-refractivity contribution is -0.123. The van der Waals surface area contributed by atoms with Crippen LogP contribution in [0.4, 0.5) is 0 Å². The fourth-order valence-corrected chi connectivity index (χ4v) is 2.44. The fraction of sp³-hybridized carbons (Fsp3) is 0.923. The van der Waals surface area contributed by atoms with Gasteiger partial charge < -0.3 is 20.3 Å². The van der Waals surface area contributed by atoms with Gasteiger partial charge in [-0.05, 0) is 25.9 Å². The summed E-state index contributed by atoms with van der Waals surface area (Å²) in [5.41, 5.74) is 0.0818. The SMILES string of the molecule is COC1CNC(C(=O)NCC(C)(C)CN(C)C)C1. The average molecular weight is 257 g/mol. The number of nitrogens with one attached hydrogen (secondary N) is 2. The maximum absolute atomic E-state index is 12.0. The van der Waals surface area contributed by atoms with Gasteiger partial charge in [-0.1, -0.05) is 13.8 Å². The van der Waals surface area contributed by atoms with Crippen LogP contribution in [0.5, 0.6) is 0 Å². The number of nitrogens with zero attached hydrogens (tertiary/aromatic N) is 1. The summed E-state index contributed by atoms with van der Waals surface area (Å²) >= 11 is 0. The van der Waals surface area contributed by atoms with Gasteiger partial charge in [0.15, 0.2) is 0 Å². The Morgan fingerprint density at radius 3 is 2.67 bits per heavy atom. The van der Waals surface area contributed by atoms with E-state index >= 15 is 0 Å². The van der Waals surface area contributed by atoms with Gasteiger partial charge in [-0.25, -0.2) is 0 Å². The molecule has 1 aliphatic heterocycles. The van der Waals surface area contributed by atoms with Crippen LogP contribution >= 0.6 is 0 Å². The molecular formula is C13H27N3O2. The summed E-state index contributed by atoms with van der Waals surface area (Å²) in [5, 5.41) is 6.22. The Balaban J connectivity index is 2.33. The van der Waals surface area contributed by atoms with E-state index in [4.69, 9.17) is 4.74 Å². The van der Waals surface area contributed by atoms with E-state index in [1.165, 1.54) is 0 Å². The van der Waals surface area contributed by atoms with Gasteiger partial charge in [0.2, 0.25) is 5.91 Å². The molecule has 0 aromatic heterocycles. The Labute approximate surface area is 110 Å². The number of rotatable bonds is 6. The second-order valence-electron chi connectivity index (χ2n) is 6.17. The largest absolute Gasteiger partial charge is 0.380 e. The van der Waals surface area contributed by atoms with Crippen molar-refractivity contribution in [3.05, 3.63) is 0 Å². The normalized spacial score (nSPS) is 24.6. The number of amides is 1. The minimum Gasteiger partial charge on any atom is -0.380 e. The van der Waals surface area contributed by atoms with Crippen LogP contribution in [0.2, 0.25) is 0 Å². The highest BCUT2D eigenvalue weighted by Gasteiger charge is 2.30. The minimum atomic E-state index is -0.106. The summed E-state index contributed by atoms with van der Waals surface area (Å²) in [5.74, 6) is 0.0846. The summed E-state index contributed by atoms with van der Waals surface area (Å²) in [6.07, 6.45) is 0.923. The number of methoxy groups -OCH3 is 1. The van der Waals surface area contributed by atoms with E-state index in [0.717, 1.165) is 19.5 Å². The van der Waals surface area contributed by atoms with Gasteiger partial charge in [-0.2, -0.15) is 0 Å². The molecular weight excluding hydrogens is 230 g/mol. The highest BCUT2D eigenvalue weighted by Crippen LogP contribution is 2.15. The second-order valence-corrected chi connectivity index (χ2v) is 6.17. The topological polar surface area (TPSA) is 53.6 Å². The zero-order valence-corrected chi connectivity index (χ0v) is 12.2. The first-order valence-corrected chi connectivity index (χ1v) is 6.53. The Morgan fingerprint density at radius 1 is 1.50 bits per heavy atom. The molecule has 1 rings (SSSR count). The van der Waals surface area contributed by atoms with Crippen molar-refractivity contribution in [3.63, 3.8) is 0 Å². The molecule has 2 unspecified atom stereocenters. The highest BCUT2D eigenvalue weighted by atomic mass is 16.5. The van der Waals surface area contributed by atoms with E-state index in [2.05, 4.69) is 29.4 Å². The van der Waals surface area contributed by atoms with E-state index in [9.17, 15) is 4.79 Å². The molecule has 0 radical (unpaired) electrons. The van der Waals surface area contributed by atoms with Crippen molar-refractivity contribution in [3.8, 4) is 0 Å². The molecule has 1 saturated heterocycles. The Kier molecular flexibility index (Phi) is 5.56. The lowest BCUT2D eigenvalue weighted by Gasteiger charge is -2.29. The molecule has 0 aliphatic carbocycles. The summed E-state index contributed by atoms with van der Waals surface area (Å²) < 4.78 is 5.24. The lowest BCUT2D eigenvalue weighted by Crippen LogP contribution is -2.46. The monoisotopic (exact) mass is 257 g/mol. The molecule has 1 heterocycles. The standard InChI is InChI=1S/C13H27N3O2/c1-13(2,9-16(3)4)8-15-12(17)11-6-10(18-5)7-14-11/h10-11,14H,6-9H2,1-5H3,(H,15,17). The maximum atomic E-state index is 12.0. The van der Waals surface area contributed by atoms with Crippen molar-refractivity contribution in [1.29, 1.82) is 0 Å². The third kappa shape index (κ3) is 4.92. The van der Waals surface area contributed by atoms with Crippen LogP contribution in [-0.4, -0.2) is 63.8 Å². The Hall–Kier alpha value is -0.650. The van der Waals surface area contributed by atoms with Gasteiger partial charge >= 0.3 is 0 Å². The average Bonchev–Trinajstić information content (AvgIpc) is 2.72. The molecule has 1 aliphatic rings. The molecule has 0 aromatic rings. The van der Waals surface area contributed by atoms with E-state index in [0.29, 0.717) is 6.54 Å². The first-order valence-electron chi connectivity index (χ1n) is 6.53. The molecule has 0 aromatic carbocycles. The Morgan fingerprint density at radius 2 is 2.17 bits per heavy atom. The van der Waals surface area contributed by atoms with E-state index in [1.54, 1.807) is 7.11 Å². The second kappa shape index (κ2) is 6.50. The van der Waals surface area contributed by atoms with E-state index in [1.807, 2.05) is 14.1 Å². The van der Waals surface area contributed by atoms with Crippen molar-refractivity contribution in [2.75, 3.05) is 40.8 Å². The number of carbonyl (C=O) groups excluding carboxylic acids is 1. The Bertz CT molecular complexity index is 279. The molecule has 0 spiro atoms. The summed E-state index contributed by atoms with van der Waals surface area (Å²) in [7, 11) is 5.78. The van der Waals surface area contributed by atoms with Crippen molar-refractivity contribution in [2.24, 2.45) is 5.41 Å². The van der Waals surface area contributed by atoms with Crippen LogP contribution in [0.25, 0.3) is 0 Å². The van der Waals surface area contributed by atoms with Gasteiger partial charge in [-0.3, -0.25) is 4.79 Å². The van der Waals surface area contributed by atoms with E-state index in [-0.39, 0.29) is 23.5 Å². The molecule has 2 N–H and O–H groups in total. The van der Waals surface area contributed by atoms with Crippen molar-refractivity contribution in [1.82, 2.24) is 15.5 Å². The first-order chi connectivity index (χ1) is 8.34. The molecule has 18 heavy (non-hydrogen) atoms. The smallest absolute Gasteiger partial charge is 0.237 e. The zero-order chi connectivity index (χ0) is 13.8. The molecule has 1 fully saturated rings. The summed E-state index contributed by atoms with van der Waals surface area (Å²) in [6, 6.07) is -0.106. The van der Waals surface area contributed by atoms with E-state index < -0.39 is 0 Å². The number of carbonyl (C=O) groups is 1. The maximum Gasteiger partial charge on any atom is 0.237 e. The molecule has 1 amide bonds. The van der Waals surface area contributed by atoms with Crippen LogP contribution in [0.3, 0.4) is 0 Å². The zero-order valence-electron chi connectivity index (χ0n) is 12.2. The fourth-order valence-electron chi connectivity index (χ4n) is 2.44. The third-order valence-corrected chi connectivity index (χ3v) is 3.23. The van der Waals surface area contributed by atoms with Crippen LogP contribution in [0.15, 0.2) is 0 Å². The van der Waals surface area contributed by atoms with Crippen LogP contribution in [-0.2, 0) is 9.53 Å². The molecule has 106 valence electrons. The molecule has 0 saturated carbocycles. The van der Waals surface area contributed by atoms with Crippen LogP contribution < -0.4 is 10.6 Å². The van der Waals surface area contributed by atoms with Crippen LogP contribution in [0.1, 0.15) is 20.3 Å². The first kappa shape index (κ1) is 15.4. The van der Waals surface area contributed by atoms with Crippen LogP contribution in [0, 0.1) is 5.41 Å². The number of ether oxygens (including phenoxy) is 1. The lowest BCUT2D eigenvalue weighted by atomic mass is 9.93. The molecule has 5 heteroatoms. The summed E-state index contributed by atoms with van der Waals surface area (Å²) in [4.78, 5) is 14.1. The molecule has 2 atom stereocenters. The predicted octanol–water partition coefficient (Wildman–Crippen LogP) is 0.0673. The van der Waals surface area contributed by atoms with Gasteiger partial charge in [0.1, 0.15) is 0 Å². The highest BCUT2D eigenvalue weighted by molar-refractivity contribution is 5.82. The van der Waals surface area contributed by atoms with Crippen molar-refractivity contribution < 1.29 is 9.53 Å². The summed E-state index contributed by atoms with van der Waals surface area (Å²) in [6.45, 7) is 6.72. The van der Waals surface area contributed by atoms with Crippen molar-refractivity contribution >= 4 is 5.91 Å². The van der Waals surface area contributed by atoms with Gasteiger partial charge in [-0.15, -0.1) is 0 Å². The number of hydrogen-bond donors (Lipinski definition) is 2. The quantitative estimate of drug-likeness (QED) is 0.707. The predicted molar refractivity (Wildman–Crippen MR) is 72.5 cm³/mol. The minimum absolute atomic E-state index is 0.0818. The molecule has 5 nitrogen and oxygen atoms in total. The van der Waals surface area contributed by atoms with Gasteiger partial charge in [0, 0.05) is 26.7 Å². The number of hydrogen-bond acceptors (Lipinski definition) is 4. The van der Waals surface area contributed by atoms with Crippen molar-refractivity contribution in [2.45, 2.75) is 32.4 Å². The van der Waals surface area contributed by atoms with Gasteiger partial charge in [0.05, 0.1) is 12.1 Å². The molecule has 0 bridgehead atoms.